The summed E-state index contributed by atoms with van der Waals surface area (Å²) in [6.07, 6.45) is 1.66. The van der Waals surface area contributed by atoms with Crippen LogP contribution in [0.1, 0.15) is 11.3 Å². The maximum Gasteiger partial charge on any atom is 0.174 e. The molecule has 0 saturated carbocycles. The molecule has 1 N–H and O–H groups in total. The number of furan rings is 1. The highest BCUT2D eigenvalue weighted by atomic mass is 79.9. The smallest absolute Gasteiger partial charge is 0.174 e. The molecule has 146 valence electrons. The SMILES string of the molecule is COc1cccc(CN(Cc2ccco2)C(=S)Nc2ccc(Br)cc2)c1OC. The zero-order valence-corrected chi connectivity index (χ0v) is 18.0. The molecule has 0 atom stereocenters. The topological polar surface area (TPSA) is 46.9 Å². The lowest BCUT2D eigenvalue weighted by atomic mass is 10.1. The number of halogens is 1. The lowest BCUT2D eigenvalue weighted by molar-refractivity contribution is 0.331. The van der Waals surface area contributed by atoms with Crippen molar-refractivity contribution in [3.8, 4) is 11.5 Å². The van der Waals surface area contributed by atoms with Gasteiger partial charge in [-0.05, 0) is 54.7 Å². The standard InChI is InChI=1S/C21H21BrN2O3S/c1-25-19-7-3-5-15(20(19)26-2)13-24(14-18-6-4-12-27-18)21(28)23-17-10-8-16(22)9-11-17/h3-12H,13-14H2,1-2H3,(H,23,28). The van der Waals surface area contributed by atoms with E-state index in [2.05, 4.69) is 21.2 Å². The molecule has 0 aliphatic rings. The van der Waals surface area contributed by atoms with E-state index >= 15 is 0 Å². The molecule has 0 unspecified atom stereocenters. The molecule has 0 fully saturated rings. The van der Waals surface area contributed by atoms with Gasteiger partial charge in [-0.3, -0.25) is 0 Å². The molecule has 3 aromatic rings. The van der Waals surface area contributed by atoms with Crippen LogP contribution in [0.4, 0.5) is 5.69 Å². The van der Waals surface area contributed by atoms with E-state index in [-0.39, 0.29) is 0 Å². The Kier molecular flexibility index (Phi) is 6.95. The molecule has 3 rings (SSSR count). The number of para-hydroxylation sites is 1. The fourth-order valence-electron chi connectivity index (χ4n) is 2.81. The number of nitrogens with one attached hydrogen (secondary N) is 1. The van der Waals surface area contributed by atoms with Gasteiger partial charge in [-0.25, -0.2) is 0 Å². The van der Waals surface area contributed by atoms with Gasteiger partial charge in [0, 0.05) is 22.3 Å². The Morgan fingerprint density at radius 1 is 1.04 bits per heavy atom. The van der Waals surface area contributed by atoms with Crippen molar-refractivity contribution >= 4 is 38.9 Å². The van der Waals surface area contributed by atoms with Crippen molar-refractivity contribution in [1.82, 2.24) is 4.90 Å². The van der Waals surface area contributed by atoms with Crippen molar-refractivity contribution in [3.63, 3.8) is 0 Å². The minimum Gasteiger partial charge on any atom is -0.493 e. The summed E-state index contributed by atoms with van der Waals surface area (Å²) in [4.78, 5) is 2.02. The van der Waals surface area contributed by atoms with Crippen molar-refractivity contribution in [2.75, 3.05) is 19.5 Å². The molecule has 0 radical (unpaired) electrons. The molecule has 0 bridgehead atoms. The maximum atomic E-state index is 5.69. The summed E-state index contributed by atoms with van der Waals surface area (Å²) < 4.78 is 17.5. The second-order valence-corrected chi connectivity index (χ2v) is 7.33. The Bertz CT molecular complexity index is 914. The summed E-state index contributed by atoms with van der Waals surface area (Å²) in [5, 5.41) is 3.88. The first-order chi connectivity index (χ1) is 13.6. The highest BCUT2D eigenvalue weighted by Crippen LogP contribution is 2.32. The third kappa shape index (κ3) is 5.05. The average molecular weight is 461 g/mol. The van der Waals surface area contributed by atoms with Gasteiger partial charge in [0.25, 0.3) is 0 Å². The average Bonchev–Trinajstić information content (AvgIpc) is 3.22. The Morgan fingerprint density at radius 3 is 2.46 bits per heavy atom. The summed E-state index contributed by atoms with van der Waals surface area (Å²) in [7, 11) is 3.26. The third-order valence-electron chi connectivity index (χ3n) is 4.16. The van der Waals surface area contributed by atoms with Crippen LogP contribution in [0.25, 0.3) is 0 Å². The predicted molar refractivity (Wildman–Crippen MR) is 118 cm³/mol. The van der Waals surface area contributed by atoms with Gasteiger partial charge in [0.15, 0.2) is 16.6 Å². The van der Waals surface area contributed by atoms with Crippen molar-refractivity contribution < 1.29 is 13.9 Å². The van der Waals surface area contributed by atoms with Crippen molar-refractivity contribution in [3.05, 3.63) is 76.7 Å². The second kappa shape index (κ2) is 9.61. The number of rotatable bonds is 7. The van der Waals surface area contributed by atoms with Crippen LogP contribution >= 0.6 is 28.1 Å². The third-order valence-corrected chi connectivity index (χ3v) is 5.04. The molecule has 5 nitrogen and oxygen atoms in total. The van der Waals surface area contributed by atoms with Gasteiger partial charge in [-0.15, -0.1) is 0 Å². The molecule has 1 aromatic heterocycles. The molecule has 0 aliphatic heterocycles. The summed E-state index contributed by atoms with van der Waals surface area (Å²) in [6, 6.07) is 17.5. The van der Waals surface area contributed by atoms with E-state index in [1.165, 1.54) is 0 Å². The zero-order valence-electron chi connectivity index (χ0n) is 15.6. The van der Waals surface area contributed by atoms with Crippen molar-refractivity contribution in [1.29, 1.82) is 0 Å². The van der Waals surface area contributed by atoms with Gasteiger partial charge in [0.05, 0.1) is 27.0 Å². The molecule has 0 amide bonds. The van der Waals surface area contributed by atoms with Crippen LogP contribution in [0.3, 0.4) is 0 Å². The van der Waals surface area contributed by atoms with Gasteiger partial charge >= 0.3 is 0 Å². The van der Waals surface area contributed by atoms with E-state index in [0.29, 0.717) is 29.7 Å². The molecular formula is C21H21BrN2O3S. The van der Waals surface area contributed by atoms with Crippen LogP contribution in [-0.2, 0) is 13.1 Å². The second-order valence-electron chi connectivity index (χ2n) is 6.03. The van der Waals surface area contributed by atoms with Crippen molar-refractivity contribution in [2.24, 2.45) is 0 Å². The minimum atomic E-state index is 0.524. The van der Waals surface area contributed by atoms with Crippen molar-refractivity contribution in [2.45, 2.75) is 13.1 Å². The summed E-state index contributed by atoms with van der Waals surface area (Å²) >= 11 is 9.14. The van der Waals surface area contributed by atoms with E-state index < -0.39 is 0 Å². The van der Waals surface area contributed by atoms with Crippen LogP contribution in [-0.4, -0.2) is 24.2 Å². The highest BCUT2D eigenvalue weighted by molar-refractivity contribution is 9.10. The monoisotopic (exact) mass is 460 g/mol. The Hall–Kier alpha value is -2.51. The minimum absolute atomic E-state index is 0.524. The number of anilines is 1. The molecule has 0 spiro atoms. The summed E-state index contributed by atoms with van der Waals surface area (Å²) in [5.74, 6) is 2.20. The van der Waals surface area contributed by atoms with E-state index in [4.69, 9.17) is 26.1 Å². The van der Waals surface area contributed by atoms with Gasteiger partial charge in [0.2, 0.25) is 0 Å². The molecule has 7 heteroatoms. The first-order valence-corrected chi connectivity index (χ1v) is 9.84. The quantitative estimate of drug-likeness (QED) is 0.472. The predicted octanol–water partition coefficient (Wildman–Crippen LogP) is 5.46. The first kappa shape index (κ1) is 20.2. The van der Waals surface area contributed by atoms with Crippen LogP contribution in [0.15, 0.2) is 69.8 Å². The molecule has 28 heavy (non-hydrogen) atoms. The van der Waals surface area contributed by atoms with Gasteiger partial charge < -0.3 is 24.1 Å². The normalized spacial score (nSPS) is 10.4. The highest BCUT2D eigenvalue weighted by Gasteiger charge is 2.17. The largest absolute Gasteiger partial charge is 0.493 e. The van der Waals surface area contributed by atoms with E-state index in [1.807, 2.05) is 59.5 Å². The van der Waals surface area contributed by atoms with E-state index in [1.54, 1.807) is 20.5 Å². The Balaban J connectivity index is 1.84. The molecule has 0 saturated heterocycles. The molecule has 2 aromatic carbocycles. The van der Waals surface area contributed by atoms with Crippen LogP contribution in [0.5, 0.6) is 11.5 Å². The Labute approximate surface area is 178 Å². The first-order valence-electron chi connectivity index (χ1n) is 8.64. The summed E-state index contributed by atoms with van der Waals surface area (Å²) in [6.45, 7) is 1.05. The fraction of sp³-hybridized carbons (Fsp3) is 0.190. The molecule has 1 heterocycles. The van der Waals surface area contributed by atoms with Crippen LogP contribution < -0.4 is 14.8 Å². The van der Waals surface area contributed by atoms with Crippen LogP contribution in [0.2, 0.25) is 0 Å². The lowest BCUT2D eigenvalue weighted by Gasteiger charge is -2.26. The van der Waals surface area contributed by atoms with Gasteiger partial charge in [-0.1, -0.05) is 28.1 Å². The molecule has 0 aliphatic carbocycles. The fourth-order valence-corrected chi connectivity index (χ4v) is 3.32. The number of hydrogen-bond donors (Lipinski definition) is 1. The van der Waals surface area contributed by atoms with Gasteiger partial charge in [-0.2, -0.15) is 0 Å². The zero-order chi connectivity index (χ0) is 19.9. The van der Waals surface area contributed by atoms with Crippen LogP contribution in [0, 0.1) is 0 Å². The lowest BCUT2D eigenvalue weighted by Crippen LogP contribution is -2.33. The number of methoxy groups -OCH3 is 2. The Morgan fingerprint density at radius 2 is 1.82 bits per heavy atom. The number of thiocarbonyl (C=S) groups is 1. The van der Waals surface area contributed by atoms with Gasteiger partial charge in [0.1, 0.15) is 5.76 Å². The van der Waals surface area contributed by atoms with E-state index in [9.17, 15) is 0 Å². The number of benzene rings is 2. The summed E-state index contributed by atoms with van der Waals surface area (Å²) in [5.41, 5.74) is 1.88. The number of nitrogens with zero attached hydrogens (tertiary/aromatic N) is 1. The number of hydrogen-bond acceptors (Lipinski definition) is 4. The number of ether oxygens (including phenoxy) is 2. The van der Waals surface area contributed by atoms with E-state index in [0.717, 1.165) is 21.5 Å². The molecular weight excluding hydrogens is 440 g/mol. The maximum absolute atomic E-state index is 5.69.